The van der Waals surface area contributed by atoms with Crippen LogP contribution in [0.3, 0.4) is 0 Å². The van der Waals surface area contributed by atoms with Crippen LogP contribution in [0.2, 0.25) is 5.02 Å². The minimum absolute atomic E-state index is 0.530. The van der Waals surface area contributed by atoms with Gasteiger partial charge in [0.05, 0.1) is 7.11 Å². The Bertz CT molecular complexity index is 1060. The molecule has 0 unspecified atom stereocenters. The van der Waals surface area contributed by atoms with E-state index >= 15 is 0 Å². The monoisotopic (exact) mass is 435 g/mol. The van der Waals surface area contributed by atoms with Gasteiger partial charge in [0.2, 0.25) is 0 Å². The van der Waals surface area contributed by atoms with Crippen molar-refractivity contribution in [1.29, 1.82) is 0 Å². The van der Waals surface area contributed by atoms with Crippen molar-refractivity contribution < 1.29 is 14.3 Å². The van der Waals surface area contributed by atoms with E-state index in [1.165, 1.54) is 0 Å². The number of likely N-dealkylation sites (N-methyl/N-ethyl adjacent to an activating group) is 1. The van der Waals surface area contributed by atoms with Crippen LogP contribution < -0.4 is 9.47 Å². The van der Waals surface area contributed by atoms with Gasteiger partial charge in [0.1, 0.15) is 24.4 Å². The number of methoxy groups -OCH3 is 1. The van der Waals surface area contributed by atoms with Crippen LogP contribution >= 0.6 is 11.6 Å². The minimum atomic E-state index is 0.530. The van der Waals surface area contributed by atoms with Crippen LogP contribution in [0.4, 0.5) is 0 Å². The minimum Gasteiger partial charge on any atom is -0.497 e. The van der Waals surface area contributed by atoms with E-state index < -0.39 is 0 Å². The first kappa shape index (κ1) is 22.6. The summed E-state index contributed by atoms with van der Waals surface area (Å²) < 4.78 is 11.4. The quantitative estimate of drug-likeness (QED) is 0.324. The molecule has 3 aromatic carbocycles. The molecule has 0 bridgehead atoms. The van der Waals surface area contributed by atoms with Crippen molar-refractivity contribution in [3.8, 4) is 22.6 Å². The number of ether oxygens (including phenoxy) is 2. The number of halogens is 1. The average Bonchev–Trinajstić information content (AvgIpc) is 2.78. The van der Waals surface area contributed by atoms with Gasteiger partial charge in [0, 0.05) is 22.7 Å². The molecule has 0 aliphatic heterocycles. The summed E-state index contributed by atoms with van der Waals surface area (Å²) in [5, 5.41) is 0.667. The second-order valence-electron chi connectivity index (χ2n) is 7.29. The van der Waals surface area contributed by atoms with Crippen molar-refractivity contribution in [2.24, 2.45) is 0 Å². The highest BCUT2D eigenvalue weighted by molar-refractivity contribution is 6.33. The van der Waals surface area contributed by atoms with Gasteiger partial charge < -0.3 is 14.4 Å². The number of hydrogen-bond acceptors (Lipinski definition) is 4. The highest BCUT2D eigenvalue weighted by atomic mass is 35.5. The van der Waals surface area contributed by atoms with Crippen LogP contribution in [0.15, 0.2) is 72.8 Å². The van der Waals surface area contributed by atoms with Crippen molar-refractivity contribution in [2.75, 3.05) is 34.4 Å². The molecule has 0 saturated carbocycles. The molecule has 160 valence electrons. The Hall–Kier alpha value is -3.08. The Morgan fingerprint density at radius 2 is 1.77 bits per heavy atom. The summed E-state index contributed by atoms with van der Waals surface area (Å²) in [7, 11) is 5.63. The van der Waals surface area contributed by atoms with Crippen molar-refractivity contribution in [3.63, 3.8) is 0 Å². The Morgan fingerprint density at radius 3 is 2.42 bits per heavy atom. The van der Waals surface area contributed by atoms with E-state index in [4.69, 9.17) is 21.1 Å². The number of hydrogen-bond donors (Lipinski definition) is 0. The van der Waals surface area contributed by atoms with Gasteiger partial charge in [0.25, 0.3) is 0 Å². The zero-order valence-corrected chi connectivity index (χ0v) is 18.7. The molecule has 3 rings (SSSR count). The van der Waals surface area contributed by atoms with Gasteiger partial charge in [0.15, 0.2) is 0 Å². The first-order valence-electron chi connectivity index (χ1n) is 10.00. The third kappa shape index (κ3) is 5.75. The largest absolute Gasteiger partial charge is 0.497 e. The fourth-order valence-electron chi connectivity index (χ4n) is 3.25. The molecule has 0 saturated heterocycles. The second-order valence-corrected chi connectivity index (χ2v) is 7.69. The molecule has 4 nitrogen and oxygen atoms in total. The lowest BCUT2D eigenvalue weighted by atomic mass is 9.93. The van der Waals surface area contributed by atoms with Crippen LogP contribution in [0.25, 0.3) is 16.7 Å². The lowest BCUT2D eigenvalue weighted by Gasteiger charge is -2.18. The molecule has 0 N–H and O–H groups in total. The van der Waals surface area contributed by atoms with Gasteiger partial charge >= 0.3 is 0 Å². The Balaban J connectivity index is 2.11. The summed E-state index contributed by atoms with van der Waals surface area (Å²) in [6.45, 7) is 1.31. The molecule has 0 heterocycles. The predicted molar refractivity (Wildman–Crippen MR) is 127 cm³/mol. The molecule has 0 fully saturated rings. The third-order valence-electron chi connectivity index (χ3n) is 4.89. The SMILES string of the molecule is COc1ccc(C(=CC=O)c2cc(-c3ccccc3Cl)ccc2OCCN(C)C)cc1. The molecular formula is C26H26ClNO3. The van der Waals surface area contributed by atoms with Gasteiger partial charge in [-0.2, -0.15) is 0 Å². The van der Waals surface area contributed by atoms with Crippen LogP contribution in [0.5, 0.6) is 11.5 Å². The number of aldehydes is 1. The van der Waals surface area contributed by atoms with E-state index in [0.717, 1.165) is 46.4 Å². The first-order chi connectivity index (χ1) is 15.0. The van der Waals surface area contributed by atoms with Crippen LogP contribution in [-0.2, 0) is 4.79 Å². The van der Waals surface area contributed by atoms with Crippen LogP contribution in [0, 0.1) is 0 Å². The molecule has 0 aliphatic rings. The van der Waals surface area contributed by atoms with Crippen molar-refractivity contribution in [1.82, 2.24) is 4.90 Å². The molecule has 0 radical (unpaired) electrons. The molecule has 0 atom stereocenters. The molecule has 3 aromatic rings. The molecule has 0 amide bonds. The van der Waals surface area contributed by atoms with Crippen LogP contribution in [-0.4, -0.2) is 45.5 Å². The average molecular weight is 436 g/mol. The fourth-order valence-corrected chi connectivity index (χ4v) is 3.49. The van der Waals surface area contributed by atoms with Gasteiger partial charge in [-0.25, -0.2) is 0 Å². The number of carbonyl (C=O) groups excluding carboxylic acids is 1. The van der Waals surface area contributed by atoms with E-state index in [1.807, 2.05) is 80.8 Å². The lowest BCUT2D eigenvalue weighted by Crippen LogP contribution is -2.19. The highest BCUT2D eigenvalue weighted by Crippen LogP contribution is 2.37. The van der Waals surface area contributed by atoms with E-state index in [-0.39, 0.29) is 0 Å². The number of nitrogens with zero attached hydrogens (tertiary/aromatic N) is 1. The number of allylic oxidation sites excluding steroid dienone is 1. The standard InChI is InChI=1S/C26H26ClNO3/c1-28(2)15-17-31-26-13-10-20(23-6-4-5-7-25(23)27)18-24(26)22(14-16-29)19-8-11-21(30-3)12-9-19/h4-14,16,18H,15,17H2,1-3H3. The predicted octanol–water partition coefficient (Wildman–Crippen LogP) is 5.59. The maximum atomic E-state index is 11.5. The summed E-state index contributed by atoms with van der Waals surface area (Å²) >= 11 is 6.44. The second kappa shape index (κ2) is 10.8. The van der Waals surface area contributed by atoms with Crippen molar-refractivity contribution >= 4 is 23.5 Å². The van der Waals surface area contributed by atoms with E-state index in [1.54, 1.807) is 13.2 Å². The molecule has 5 heteroatoms. The molecule has 0 aromatic heterocycles. The van der Waals surface area contributed by atoms with Crippen molar-refractivity contribution in [3.05, 3.63) is 89.0 Å². The normalized spacial score (nSPS) is 11.5. The van der Waals surface area contributed by atoms with Gasteiger partial charge in [-0.15, -0.1) is 0 Å². The van der Waals surface area contributed by atoms with Gasteiger partial charge in [-0.3, -0.25) is 4.79 Å². The number of rotatable bonds is 9. The Morgan fingerprint density at radius 1 is 1.03 bits per heavy atom. The molecule has 31 heavy (non-hydrogen) atoms. The molecule has 0 spiro atoms. The smallest absolute Gasteiger partial charge is 0.143 e. The summed E-state index contributed by atoms with van der Waals surface area (Å²) in [6, 6.07) is 21.2. The molecule has 0 aliphatic carbocycles. The van der Waals surface area contributed by atoms with E-state index in [2.05, 4.69) is 4.90 Å². The summed E-state index contributed by atoms with van der Waals surface area (Å²) in [5.74, 6) is 1.46. The summed E-state index contributed by atoms with van der Waals surface area (Å²) in [6.07, 6.45) is 2.36. The third-order valence-corrected chi connectivity index (χ3v) is 5.22. The number of benzene rings is 3. The zero-order valence-electron chi connectivity index (χ0n) is 18.0. The highest BCUT2D eigenvalue weighted by Gasteiger charge is 2.15. The van der Waals surface area contributed by atoms with Crippen LogP contribution in [0.1, 0.15) is 11.1 Å². The Kier molecular flexibility index (Phi) is 7.88. The Labute approximate surface area is 188 Å². The fraction of sp³-hybridized carbons (Fsp3) is 0.192. The maximum Gasteiger partial charge on any atom is 0.143 e. The van der Waals surface area contributed by atoms with E-state index in [0.29, 0.717) is 17.4 Å². The summed E-state index contributed by atoms with van der Waals surface area (Å²) in [5.41, 5.74) is 4.36. The van der Waals surface area contributed by atoms with Gasteiger partial charge in [-0.05, 0) is 67.2 Å². The van der Waals surface area contributed by atoms with E-state index in [9.17, 15) is 4.79 Å². The number of carbonyl (C=O) groups is 1. The van der Waals surface area contributed by atoms with Gasteiger partial charge in [-0.1, -0.05) is 48.0 Å². The zero-order chi connectivity index (χ0) is 22.2. The topological polar surface area (TPSA) is 38.8 Å². The van der Waals surface area contributed by atoms with Crippen molar-refractivity contribution in [2.45, 2.75) is 0 Å². The summed E-state index contributed by atoms with van der Waals surface area (Å²) in [4.78, 5) is 13.6. The first-order valence-corrected chi connectivity index (χ1v) is 10.4. The molecular weight excluding hydrogens is 410 g/mol. The lowest BCUT2D eigenvalue weighted by molar-refractivity contribution is -0.104. The maximum absolute atomic E-state index is 11.5.